The Morgan fingerprint density at radius 2 is 2.00 bits per heavy atom. The van der Waals surface area contributed by atoms with Crippen molar-refractivity contribution in [2.75, 3.05) is 19.7 Å². The molecule has 1 atom stereocenters. The van der Waals surface area contributed by atoms with Crippen LogP contribution in [0.2, 0.25) is 0 Å². The van der Waals surface area contributed by atoms with Gasteiger partial charge in [-0.2, -0.15) is 0 Å². The van der Waals surface area contributed by atoms with E-state index in [1.165, 1.54) is 12.1 Å². The number of amides is 2. The number of aromatic nitrogens is 1. The van der Waals surface area contributed by atoms with Crippen molar-refractivity contribution in [1.29, 1.82) is 0 Å². The first kappa shape index (κ1) is 25.4. The molecule has 1 aliphatic rings. The lowest BCUT2D eigenvalue weighted by Gasteiger charge is -2.38. The Kier molecular flexibility index (Phi) is 8.31. The number of fused-ring (bicyclic) bond motifs is 1. The van der Waals surface area contributed by atoms with Gasteiger partial charge >= 0.3 is 0 Å². The van der Waals surface area contributed by atoms with E-state index in [1.807, 2.05) is 61.2 Å². The summed E-state index contributed by atoms with van der Waals surface area (Å²) in [4.78, 5) is 31.5. The lowest BCUT2D eigenvalue weighted by molar-refractivity contribution is -0.134. The molecule has 1 aromatic heterocycles. The quantitative estimate of drug-likeness (QED) is 0.481. The molecule has 4 rings (SSSR count). The van der Waals surface area contributed by atoms with Crippen molar-refractivity contribution in [3.8, 4) is 5.75 Å². The number of carbonyl (C=O) groups is 2. The first-order valence-corrected chi connectivity index (χ1v) is 12.4. The summed E-state index contributed by atoms with van der Waals surface area (Å²) in [5.74, 6) is 0.236. The van der Waals surface area contributed by atoms with Gasteiger partial charge in [0.25, 0.3) is 5.91 Å². The summed E-state index contributed by atoms with van der Waals surface area (Å²) < 4.78 is 20.0. The minimum Gasteiger partial charge on any atom is -0.484 e. The van der Waals surface area contributed by atoms with E-state index < -0.39 is 6.04 Å². The van der Waals surface area contributed by atoms with Crippen LogP contribution in [0.15, 0.2) is 66.9 Å². The van der Waals surface area contributed by atoms with Gasteiger partial charge in [-0.15, -0.1) is 0 Å². The number of ether oxygens (including phenoxy) is 1. The van der Waals surface area contributed by atoms with E-state index in [1.54, 1.807) is 12.3 Å². The van der Waals surface area contributed by atoms with Gasteiger partial charge in [0, 0.05) is 37.8 Å². The van der Waals surface area contributed by atoms with Gasteiger partial charge in [0.1, 0.15) is 11.6 Å². The highest BCUT2D eigenvalue weighted by molar-refractivity contribution is 5.78. The molecule has 2 aromatic carbocycles. The molecule has 6 nitrogen and oxygen atoms in total. The molecule has 0 bridgehead atoms. The smallest absolute Gasteiger partial charge is 0.257 e. The van der Waals surface area contributed by atoms with Crippen LogP contribution in [0, 0.1) is 11.7 Å². The molecule has 0 spiro atoms. The summed E-state index contributed by atoms with van der Waals surface area (Å²) in [6.07, 6.45) is 3.50. The molecule has 0 saturated heterocycles. The lowest BCUT2D eigenvalue weighted by atomic mass is 9.87. The van der Waals surface area contributed by atoms with E-state index in [-0.39, 0.29) is 30.2 Å². The minimum atomic E-state index is -0.411. The second kappa shape index (κ2) is 11.8. The van der Waals surface area contributed by atoms with Crippen molar-refractivity contribution in [3.63, 3.8) is 0 Å². The van der Waals surface area contributed by atoms with Crippen molar-refractivity contribution in [3.05, 3.63) is 95.1 Å². The third-order valence-corrected chi connectivity index (χ3v) is 6.21. The van der Waals surface area contributed by atoms with Crippen molar-refractivity contribution in [1.82, 2.24) is 15.2 Å². The Morgan fingerprint density at radius 3 is 2.75 bits per heavy atom. The predicted molar refractivity (Wildman–Crippen MR) is 136 cm³/mol. The summed E-state index contributed by atoms with van der Waals surface area (Å²) in [6.45, 7) is 4.94. The molecule has 0 unspecified atom stereocenters. The largest absolute Gasteiger partial charge is 0.484 e. The minimum absolute atomic E-state index is 0.0449. The number of pyridine rings is 1. The molecule has 0 radical (unpaired) electrons. The fourth-order valence-corrected chi connectivity index (χ4v) is 4.53. The highest BCUT2D eigenvalue weighted by atomic mass is 19.1. The molecule has 3 aromatic rings. The van der Waals surface area contributed by atoms with Crippen LogP contribution in [0.25, 0.3) is 0 Å². The van der Waals surface area contributed by atoms with Crippen LogP contribution >= 0.6 is 0 Å². The van der Waals surface area contributed by atoms with Crippen LogP contribution in [0.4, 0.5) is 4.39 Å². The van der Waals surface area contributed by atoms with E-state index >= 15 is 0 Å². The molecular formula is C29H32FN3O3. The number of nitrogens with zero attached hydrogens (tertiary/aromatic N) is 2. The topological polar surface area (TPSA) is 71.5 Å². The zero-order valence-electron chi connectivity index (χ0n) is 20.7. The van der Waals surface area contributed by atoms with E-state index in [4.69, 9.17) is 4.74 Å². The SMILES string of the molecule is CC(C)CC(=O)N1CCc2ccc(OCC(=O)NCCc3ccccn3)cc2[C@H]1c1cccc(F)c1. The van der Waals surface area contributed by atoms with Crippen LogP contribution in [0.3, 0.4) is 0 Å². The number of benzene rings is 2. The highest BCUT2D eigenvalue weighted by Gasteiger charge is 2.32. The number of halogens is 1. The Morgan fingerprint density at radius 1 is 1.14 bits per heavy atom. The van der Waals surface area contributed by atoms with Crippen molar-refractivity contribution in [2.45, 2.75) is 39.2 Å². The summed E-state index contributed by atoms with van der Waals surface area (Å²) in [7, 11) is 0. The van der Waals surface area contributed by atoms with Gasteiger partial charge in [0.05, 0.1) is 6.04 Å². The molecule has 0 saturated carbocycles. The van der Waals surface area contributed by atoms with Gasteiger partial charge in [0.2, 0.25) is 5.91 Å². The average Bonchev–Trinajstić information content (AvgIpc) is 2.87. The van der Waals surface area contributed by atoms with E-state index in [0.717, 1.165) is 22.4 Å². The summed E-state index contributed by atoms with van der Waals surface area (Å²) in [5, 5.41) is 2.85. The first-order valence-electron chi connectivity index (χ1n) is 12.4. The molecule has 1 N–H and O–H groups in total. The number of rotatable bonds is 9. The van der Waals surface area contributed by atoms with Gasteiger partial charge in [-0.25, -0.2) is 4.39 Å². The molecule has 1 aliphatic heterocycles. The van der Waals surface area contributed by atoms with E-state index in [9.17, 15) is 14.0 Å². The van der Waals surface area contributed by atoms with Crippen LogP contribution in [0.1, 0.15) is 48.7 Å². The summed E-state index contributed by atoms with van der Waals surface area (Å²) in [5.41, 5.74) is 3.62. The van der Waals surface area contributed by atoms with Gasteiger partial charge < -0.3 is 15.0 Å². The van der Waals surface area contributed by atoms with Crippen LogP contribution < -0.4 is 10.1 Å². The number of hydrogen-bond donors (Lipinski definition) is 1. The zero-order valence-corrected chi connectivity index (χ0v) is 20.7. The number of carbonyl (C=O) groups excluding carboxylic acids is 2. The van der Waals surface area contributed by atoms with Gasteiger partial charge in [-0.3, -0.25) is 14.6 Å². The van der Waals surface area contributed by atoms with Crippen molar-refractivity contribution in [2.24, 2.45) is 5.92 Å². The third kappa shape index (κ3) is 6.47. The molecule has 36 heavy (non-hydrogen) atoms. The lowest BCUT2D eigenvalue weighted by Crippen LogP contribution is -2.41. The first-order chi connectivity index (χ1) is 17.4. The average molecular weight is 490 g/mol. The Hall–Kier alpha value is -3.74. The summed E-state index contributed by atoms with van der Waals surface area (Å²) in [6, 6.07) is 17.4. The molecule has 7 heteroatoms. The van der Waals surface area contributed by atoms with Crippen molar-refractivity contribution < 1.29 is 18.7 Å². The number of nitrogens with one attached hydrogen (secondary N) is 1. The predicted octanol–water partition coefficient (Wildman–Crippen LogP) is 4.48. The maximum atomic E-state index is 14.2. The van der Waals surface area contributed by atoms with Crippen LogP contribution in [-0.4, -0.2) is 41.4 Å². The standard InChI is InChI=1S/C29H32FN3O3/c1-20(2)16-28(35)33-15-12-21-9-10-25(18-26(21)29(33)22-6-5-7-23(30)17-22)36-19-27(34)32-14-11-24-8-3-4-13-31-24/h3-10,13,17-18,20,29H,11-12,14-16,19H2,1-2H3,(H,32,34)/t29-/m1/s1. The number of hydrogen-bond acceptors (Lipinski definition) is 4. The molecule has 188 valence electrons. The maximum absolute atomic E-state index is 14.2. The zero-order chi connectivity index (χ0) is 25.5. The van der Waals surface area contributed by atoms with Crippen LogP contribution in [0.5, 0.6) is 5.75 Å². The fourth-order valence-electron chi connectivity index (χ4n) is 4.53. The van der Waals surface area contributed by atoms with Gasteiger partial charge in [0.15, 0.2) is 6.61 Å². The Bertz CT molecular complexity index is 1200. The molecular weight excluding hydrogens is 457 g/mol. The monoisotopic (exact) mass is 489 g/mol. The van der Waals surface area contributed by atoms with Crippen molar-refractivity contribution >= 4 is 11.8 Å². The van der Waals surface area contributed by atoms with Gasteiger partial charge in [-0.1, -0.05) is 38.1 Å². The van der Waals surface area contributed by atoms with E-state index in [2.05, 4.69) is 10.3 Å². The molecule has 2 amide bonds. The van der Waals surface area contributed by atoms with E-state index in [0.29, 0.717) is 38.1 Å². The summed E-state index contributed by atoms with van der Waals surface area (Å²) >= 11 is 0. The normalized spacial score (nSPS) is 14.9. The molecule has 0 fully saturated rings. The fraction of sp³-hybridized carbons (Fsp3) is 0.345. The second-order valence-corrected chi connectivity index (χ2v) is 9.46. The molecule has 2 heterocycles. The Labute approximate surface area is 211 Å². The third-order valence-electron chi connectivity index (χ3n) is 6.21. The van der Waals surface area contributed by atoms with Gasteiger partial charge in [-0.05, 0) is 65.4 Å². The maximum Gasteiger partial charge on any atom is 0.257 e. The highest BCUT2D eigenvalue weighted by Crippen LogP contribution is 2.38. The van der Waals surface area contributed by atoms with Crippen LogP contribution in [-0.2, 0) is 22.4 Å². The molecule has 0 aliphatic carbocycles. The second-order valence-electron chi connectivity index (χ2n) is 9.46. The Balaban J connectivity index is 1.48.